The van der Waals surface area contributed by atoms with Gasteiger partial charge in [0, 0.05) is 24.4 Å². The summed E-state index contributed by atoms with van der Waals surface area (Å²) < 4.78 is 0. The lowest BCUT2D eigenvalue weighted by Gasteiger charge is -2.27. The van der Waals surface area contributed by atoms with Gasteiger partial charge in [-0.15, -0.1) is 11.3 Å². The lowest BCUT2D eigenvalue weighted by atomic mass is 10.0. The fourth-order valence-corrected chi connectivity index (χ4v) is 5.43. The standard InChI is InChI=1S/C19H26N4OS/c1-2-20-18-17-14-9-10-23(11-15(14)25-19(17)22-12-21-18)16(24)8-7-13-5-3-4-6-13/h12-13H,2-11H2,1H3,(H,20,21,22). The minimum Gasteiger partial charge on any atom is -0.370 e. The van der Waals surface area contributed by atoms with E-state index in [2.05, 4.69) is 22.2 Å². The highest BCUT2D eigenvalue weighted by atomic mass is 32.1. The van der Waals surface area contributed by atoms with Crippen molar-refractivity contribution in [2.24, 2.45) is 5.92 Å². The van der Waals surface area contributed by atoms with Crippen molar-refractivity contribution < 1.29 is 4.79 Å². The Bertz CT molecular complexity index is 766. The molecule has 1 aliphatic heterocycles. The first-order chi connectivity index (χ1) is 12.3. The maximum Gasteiger partial charge on any atom is 0.222 e. The van der Waals surface area contributed by atoms with E-state index in [1.807, 2.05) is 4.90 Å². The quantitative estimate of drug-likeness (QED) is 0.878. The van der Waals surface area contributed by atoms with Gasteiger partial charge >= 0.3 is 0 Å². The van der Waals surface area contributed by atoms with Crippen molar-refractivity contribution in [1.29, 1.82) is 0 Å². The molecule has 3 heterocycles. The van der Waals surface area contributed by atoms with Crippen LogP contribution in [-0.4, -0.2) is 33.9 Å². The second kappa shape index (κ2) is 7.28. The molecule has 0 radical (unpaired) electrons. The fraction of sp³-hybridized carbons (Fsp3) is 0.632. The van der Waals surface area contributed by atoms with Crippen LogP contribution in [0.25, 0.3) is 10.2 Å². The molecule has 1 aliphatic carbocycles. The third-order valence-corrected chi connectivity index (χ3v) is 6.70. The van der Waals surface area contributed by atoms with E-state index in [1.165, 1.54) is 41.5 Å². The molecule has 1 fully saturated rings. The van der Waals surface area contributed by atoms with Gasteiger partial charge in [0.2, 0.25) is 5.91 Å². The smallest absolute Gasteiger partial charge is 0.222 e. The Labute approximate surface area is 152 Å². The number of aromatic nitrogens is 2. The van der Waals surface area contributed by atoms with Crippen molar-refractivity contribution >= 4 is 33.3 Å². The lowest BCUT2D eigenvalue weighted by molar-refractivity contribution is -0.132. The molecule has 0 atom stereocenters. The zero-order chi connectivity index (χ0) is 17.2. The molecule has 2 aromatic rings. The van der Waals surface area contributed by atoms with Crippen LogP contribution < -0.4 is 5.32 Å². The average molecular weight is 359 g/mol. The molecule has 2 aliphatic rings. The Morgan fingerprint density at radius 1 is 1.36 bits per heavy atom. The number of carbonyl (C=O) groups excluding carboxylic acids is 1. The van der Waals surface area contributed by atoms with Crippen LogP contribution in [0.3, 0.4) is 0 Å². The third-order valence-electron chi connectivity index (χ3n) is 5.58. The third kappa shape index (κ3) is 3.36. The van der Waals surface area contributed by atoms with Crippen LogP contribution in [0.2, 0.25) is 0 Å². The molecule has 0 bridgehead atoms. The highest BCUT2D eigenvalue weighted by Gasteiger charge is 2.26. The molecular formula is C19H26N4OS. The molecule has 0 unspecified atom stereocenters. The van der Waals surface area contributed by atoms with E-state index in [-0.39, 0.29) is 0 Å². The van der Waals surface area contributed by atoms with Crippen LogP contribution in [0.5, 0.6) is 0 Å². The van der Waals surface area contributed by atoms with Crippen molar-refractivity contribution in [3.63, 3.8) is 0 Å². The number of hydrogen-bond acceptors (Lipinski definition) is 5. The number of carbonyl (C=O) groups is 1. The van der Waals surface area contributed by atoms with E-state index >= 15 is 0 Å². The molecule has 134 valence electrons. The molecule has 1 amide bonds. The summed E-state index contributed by atoms with van der Waals surface area (Å²) >= 11 is 1.72. The molecular weight excluding hydrogens is 332 g/mol. The van der Waals surface area contributed by atoms with Crippen LogP contribution in [0.1, 0.15) is 55.9 Å². The molecule has 0 spiro atoms. The molecule has 1 N–H and O–H groups in total. The first kappa shape index (κ1) is 16.8. The van der Waals surface area contributed by atoms with E-state index in [1.54, 1.807) is 17.7 Å². The van der Waals surface area contributed by atoms with Gasteiger partial charge in [0.15, 0.2) is 0 Å². The van der Waals surface area contributed by atoms with Crippen molar-refractivity contribution in [2.45, 2.75) is 58.4 Å². The van der Waals surface area contributed by atoms with E-state index in [0.29, 0.717) is 12.3 Å². The predicted octanol–water partition coefficient (Wildman–Crippen LogP) is 3.98. The summed E-state index contributed by atoms with van der Waals surface area (Å²) in [7, 11) is 0. The first-order valence-electron chi connectivity index (χ1n) is 9.53. The zero-order valence-electron chi connectivity index (χ0n) is 14.9. The van der Waals surface area contributed by atoms with Crippen LogP contribution in [0, 0.1) is 5.92 Å². The van der Waals surface area contributed by atoms with Gasteiger partial charge in [0.1, 0.15) is 17.0 Å². The maximum atomic E-state index is 12.6. The fourth-order valence-electron chi connectivity index (χ4n) is 4.23. The number of rotatable bonds is 5. The Morgan fingerprint density at radius 3 is 3.00 bits per heavy atom. The maximum absolute atomic E-state index is 12.6. The SMILES string of the molecule is CCNc1ncnc2sc3c(c12)CCN(C(=O)CCC1CCCC1)C3. The van der Waals surface area contributed by atoms with Gasteiger partial charge in [0.05, 0.1) is 11.9 Å². The van der Waals surface area contributed by atoms with Crippen molar-refractivity contribution in [3.8, 4) is 0 Å². The summed E-state index contributed by atoms with van der Waals surface area (Å²) in [4.78, 5) is 25.9. The molecule has 0 saturated heterocycles. The molecule has 25 heavy (non-hydrogen) atoms. The summed E-state index contributed by atoms with van der Waals surface area (Å²) in [5, 5.41) is 4.52. The van der Waals surface area contributed by atoms with Crippen molar-refractivity contribution in [2.75, 3.05) is 18.4 Å². The number of anilines is 1. The predicted molar refractivity (Wildman–Crippen MR) is 102 cm³/mol. The summed E-state index contributed by atoms with van der Waals surface area (Å²) in [5.74, 6) is 2.05. The first-order valence-corrected chi connectivity index (χ1v) is 10.3. The highest BCUT2D eigenvalue weighted by Crippen LogP contribution is 2.37. The molecule has 4 rings (SSSR count). The van der Waals surface area contributed by atoms with Gasteiger partial charge in [0.25, 0.3) is 0 Å². The van der Waals surface area contributed by atoms with Gasteiger partial charge in [-0.2, -0.15) is 0 Å². The van der Waals surface area contributed by atoms with E-state index < -0.39 is 0 Å². The molecule has 5 nitrogen and oxygen atoms in total. The van der Waals surface area contributed by atoms with Crippen LogP contribution in [0.15, 0.2) is 6.33 Å². The summed E-state index contributed by atoms with van der Waals surface area (Å²) in [6.07, 6.45) is 9.67. The molecule has 6 heteroatoms. The lowest BCUT2D eigenvalue weighted by Crippen LogP contribution is -2.35. The van der Waals surface area contributed by atoms with Crippen molar-refractivity contribution in [1.82, 2.24) is 14.9 Å². The zero-order valence-corrected chi connectivity index (χ0v) is 15.7. The van der Waals surface area contributed by atoms with Crippen LogP contribution in [0.4, 0.5) is 5.82 Å². The number of nitrogens with one attached hydrogen (secondary N) is 1. The average Bonchev–Trinajstić information content (AvgIpc) is 3.27. The Hall–Kier alpha value is -1.69. The largest absolute Gasteiger partial charge is 0.370 e. The van der Waals surface area contributed by atoms with E-state index in [4.69, 9.17) is 0 Å². The number of amides is 1. The summed E-state index contributed by atoms with van der Waals surface area (Å²) in [6, 6.07) is 0. The van der Waals surface area contributed by atoms with Gasteiger partial charge in [-0.1, -0.05) is 25.7 Å². The monoisotopic (exact) mass is 358 g/mol. The summed E-state index contributed by atoms with van der Waals surface area (Å²) in [5.41, 5.74) is 1.34. The number of fused-ring (bicyclic) bond motifs is 3. The topological polar surface area (TPSA) is 58.1 Å². The minimum atomic E-state index is 0.327. The Balaban J connectivity index is 1.48. The number of nitrogens with zero attached hydrogens (tertiary/aromatic N) is 3. The molecule has 2 aromatic heterocycles. The number of hydrogen-bond donors (Lipinski definition) is 1. The molecule has 1 saturated carbocycles. The van der Waals surface area contributed by atoms with Gasteiger partial charge < -0.3 is 10.2 Å². The Morgan fingerprint density at radius 2 is 2.20 bits per heavy atom. The van der Waals surface area contributed by atoms with Gasteiger partial charge in [-0.05, 0) is 31.2 Å². The summed E-state index contributed by atoms with van der Waals surface area (Å²) in [6.45, 7) is 4.49. The second-order valence-corrected chi connectivity index (χ2v) is 8.27. The second-order valence-electron chi connectivity index (χ2n) is 7.19. The van der Waals surface area contributed by atoms with Gasteiger partial charge in [-0.3, -0.25) is 4.79 Å². The minimum absolute atomic E-state index is 0.327. The molecule has 0 aromatic carbocycles. The Kier molecular flexibility index (Phi) is 4.88. The number of thiophene rings is 1. The normalized spacial score (nSPS) is 17.9. The van der Waals surface area contributed by atoms with E-state index in [9.17, 15) is 4.79 Å². The highest BCUT2D eigenvalue weighted by molar-refractivity contribution is 7.19. The van der Waals surface area contributed by atoms with Crippen LogP contribution >= 0.6 is 11.3 Å². The van der Waals surface area contributed by atoms with Gasteiger partial charge in [-0.25, -0.2) is 9.97 Å². The van der Waals surface area contributed by atoms with Crippen LogP contribution in [-0.2, 0) is 17.8 Å². The van der Waals surface area contributed by atoms with E-state index in [0.717, 1.165) is 49.0 Å². The van der Waals surface area contributed by atoms with Crippen molar-refractivity contribution in [3.05, 3.63) is 16.8 Å².